The number of nitrogens with one attached hydrogen (secondary N) is 1. The van der Waals surface area contributed by atoms with E-state index >= 15 is 0 Å². The fraction of sp³-hybridized carbons (Fsp3) is 0.471. The van der Waals surface area contributed by atoms with Crippen LogP contribution in [0.5, 0.6) is 0 Å². The SMILES string of the molecule is Cc1cc(C)n(CCCNC2CCc3cc(N)ccc32)n1. The molecule has 0 aliphatic heterocycles. The van der Waals surface area contributed by atoms with Gasteiger partial charge in [-0.05, 0) is 69.0 Å². The van der Waals surface area contributed by atoms with E-state index in [9.17, 15) is 0 Å². The van der Waals surface area contributed by atoms with Crippen molar-refractivity contribution in [1.29, 1.82) is 0 Å². The molecule has 0 bridgehead atoms. The highest BCUT2D eigenvalue weighted by Gasteiger charge is 2.21. The van der Waals surface area contributed by atoms with Crippen LogP contribution in [0.3, 0.4) is 0 Å². The van der Waals surface area contributed by atoms with E-state index in [1.54, 1.807) is 0 Å². The van der Waals surface area contributed by atoms with Crippen molar-refractivity contribution < 1.29 is 0 Å². The van der Waals surface area contributed by atoms with Crippen LogP contribution in [0.2, 0.25) is 0 Å². The average molecular weight is 284 g/mol. The van der Waals surface area contributed by atoms with E-state index in [0.717, 1.165) is 37.3 Å². The van der Waals surface area contributed by atoms with Gasteiger partial charge in [-0.1, -0.05) is 6.07 Å². The van der Waals surface area contributed by atoms with Gasteiger partial charge >= 0.3 is 0 Å². The topological polar surface area (TPSA) is 55.9 Å². The van der Waals surface area contributed by atoms with Gasteiger partial charge in [0.25, 0.3) is 0 Å². The predicted molar refractivity (Wildman–Crippen MR) is 86.2 cm³/mol. The van der Waals surface area contributed by atoms with Crippen LogP contribution in [0.25, 0.3) is 0 Å². The molecule has 3 N–H and O–H groups in total. The number of fused-ring (bicyclic) bond motifs is 1. The molecule has 0 saturated carbocycles. The molecule has 1 unspecified atom stereocenters. The molecule has 1 atom stereocenters. The van der Waals surface area contributed by atoms with E-state index in [2.05, 4.69) is 40.2 Å². The number of nitrogens with zero attached hydrogens (tertiary/aromatic N) is 2. The highest BCUT2D eigenvalue weighted by molar-refractivity contribution is 5.47. The Labute approximate surface area is 126 Å². The van der Waals surface area contributed by atoms with Crippen LogP contribution in [0.1, 0.15) is 41.4 Å². The number of nitrogen functional groups attached to an aromatic ring is 1. The maximum Gasteiger partial charge on any atom is 0.0596 e. The first kappa shape index (κ1) is 14.1. The standard InChI is InChI=1S/C17H24N4/c1-12-10-13(2)21(20-12)9-3-8-19-17-7-4-14-11-15(18)5-6-16(14)17/h5-6,10-11,17,19H,3-4,7-9,18H2,1-2H3. The van der Waals surface area contributed by atoms with Crippen LogP contribution in [0.4, 0.5) is 5.69 Å². The molecule has 1 aromatic heterocycles. The third kappa shape index (κ3) is 3.10. The molecular weight excluding hydrogens is 260 g/mol. The first-order valence-corrected chi connectivity index (χ1v) is 7.76. The Bertz CT molecular complexity index is 630. The molecule has 4 heteroatoms. The summed E-state index contributed by atoms with van der Waals surface area (Å²) in [4.78, 5) is 0. The van der Waals surface area contributed by atoms with Gasteiger partial charge in [-0.25, -0.2) is 0 Å². The van der Waals surface area contributed by atoms with Crippen molar-refractivity contribution in [3.63, 3.8) is 0 Å². The second-order valence-electron chi connectivity index (χ2n) is 6.01. The molecule has 21 heavy (non-hydrogen) atoms. The van der Waals surface area contributed by atoms with Gasteiger partial charge in [-0.2, -0.15) is 5.10 Å². The van der Waals surface area contributed by atoms with E-state index in [1.807, 2.05) is 13.0 Å². The third-order valence-electron chi connectivity index (χ3n) is 4.29. The summed E-state index contributed by atoms with van der Waals surface area (Å²) in [6.07, 6.45) is 3.41. The average Bonchev–Trinajstić information content (AvgIpc) is 2.98. The molecule has 3 rings (SSSR count). The van der Waals surface area contributed by atoms with Crippen molar-refractivity contribution in [3.8, 4) is 0 Å². The Morgan fingerprint density at radius 1 is 1.33 bits per heavy atom. The summed E-state index contributed by atoms with van der Waals surface area (Å²) in [6.45, 7) is 6.16. The smallest absolute Gasteiger partial charge is 0.0596 e. The fourth-order valence-corrected chi connectivity index (χ4v) is 3.26. The minimum absolute atomic E-state index is 0.487. The molecule has 1 aliphatic rings. The lowest BCUT2D eigenvalue weighted by atomic mass is 10.1. The van der Waals surface area contributed by atoms with Gasteiger partial charge in [-0.15, -0.1) is 0 Å². The minimum atomic E-state index is 0.487. The summed E-state index contributed by atoms with van der Waals surface area (Å²) >= 11 is 0. The van der Waals surface area contributed by atoms with Gasteiger partial charge < -0.3 is 11.1 Å². The minimum Gasteiger partial charge on any atom is -0.399 e. The Kier molecular flexibility index (Phi) is 3.97. The first-order valence-electron chi connectivity index (χ1n) is 7.76. The normalized spacial score (nSPS) is 17.1. The number of aromatic nitrogens is 2. The molecule has 1 heterocycles. The molecule has 0 radical (unpaired) electrons. The molecule has 4 nitrogen and oxygen atoms in total. The van der Waals surface area contributed by atoms with Crippen molar-refractivity contribution in [2.75, 3.05) is 12.3 Å². The number of rotatable bonds is 5. The van der Waals surface area contributed by atoms with Crippen LogP contribution in [0, 0.1) is 13.8 Å². The zero-order chi connectivity index (χ0) is 14.8. The van der Waals surface area contributed by atoms with Crippen LogP contribution in [-0.4, -0.2) is 16.3 Å². The quantitative estimate of drug-likeness (QED) is 0.655. The monoisotopic (exact) mass is 284 g/mol. The molecule has 1 aliphatic carbocycles. The molecular formula is C17H24N4. The zero-order valence-electron chi connectivity index (χ0n) is 12.9. The van der Waals surface area contributed by atoms with Crippen molar-refractivity contribution >= 4 is 5.69 Å². The number of benzene rings is 1. The summed E-state index contributed by atoms with van der Waals surface area (Å²) in [5.41, 5.74) is 11.9. The maximum atomic E-state index is 5.85. The summed E-state index contributed by atoms with van der Waals surface area (Å²) in [6, 6.07) is 8.92. The fourth-order valence-electron chi connectivity index (χ4n) is 3.26. The highest BCUT2D eigenvalue weighted by Crippen LogP contribution is 2.32. The van der Waals surface area contributed by atoms with Crippen LogP contribution < -0.4 is 11.1 Å². The first-order chi connectivity index (χ1) is 10.1. The highest BCUT2D eigenvalue weighted by atomic mass is 15.3. The lowest BCUT2D eigenvalue weighted by Crippen LogP contribution is -2.21. The van der Waals surface area contributed by atoms with Crippen molar-refractivity contribution in [1.82, 2.24) is 15.1 Å². The second kappa shape index (κ2) is 5.90. The van der Waals surface area contributed by atoms with Crippen molar-refractivity contribution in [2.45, 2.75) is 45.7 Å². The van der Waals surface area contributed by atoms with E-state index < -0.39 is 0 Å². The van der Waals surface area contributed by atoms with Crippen LogP contribution in [-0.2, 0) is 13.0 Å². The largest absolute Gasteiger partial charge is 0.399 e. The summed E-state index contributed by atoms with van der Waals surface area (Å²) in [5.74, 6) is 0. The maximum absolute atomic E-state index is 5.85. The van der Waals surface area contributed by atoms with Gasteiger partial charge in [0.2, 0.25) is 0 Å². The molecule has 0 saturated heterocycles. The molecule has 0 spiro atoms. The van der Waals surface area contributed by atoms with Gasteiger partial charge in [-0.3, -0.25) is 4.68 Å². The number of aryl methyl sites for hydroxylation is 4. The van der Waals surface area contributed by atoms with Gasteiger partial charge in [0, 0.05) is 24.0 Å². The summed E-state index contributed by atoms with van der Waals surface area (Å²) in [5, 5.41) is 8.17. The van der Waals surface area contributed by atoms with Crippen LogP contribution in [0.15, 0.2) is 24.3 Å². The van der Waals surface area contributed by atoms with E-state index in [0.29, 0.717) is 6.04 Å². The van der Waals surface area contributed by atoms with Gasteiger partial charge in [0.05, 0.1) is 5.69 Å². The van der Waals surface area contributed by atoms with E-state index in [4.69, 9.17) is 5.73 Å². The molecule has 0 fully saturated rings. The lowest BCUT2D eigenvalue weighted by Gasteiger charge is -2.14. The molecule has 0 amide bonds. The zero-order valence-corrected chi connectivity index (χ0v) is 12.9. The predicted octanol–water partition coefficient (Wildman–Crippen LogP) is 2.75. The second-order valence-corrected chi connectivity index (χ2v) is 6.01. The summed E-state index contributed by atoms with van der Waals surface area (Å²) < 4.78 is 2.10. The Balaban J connectivity index is 1.50. The van der Waals surface area contributed by atoms with E-state index in [-0.39, 0.29) is 0 Å². The third-order valence-corrected chi connectivity index (χ3v) is 4.29. The molecule has 2 aromatic rings. The van der Waals surface area contributed by atoms with Gasteiger partial charge in [0.15, 0.2) is 0 Å². The number of anilines is 1. The number of nitrogens with two attached hydrogens (primary N) is 1. The van der Waals surface area contributed by atoms with Crippen molar-refractivity contribution in [2.24, 2.45) is 0 Å². The lowest BCUT2D eigenvalue weighted by molar-refractivity contribution is 0.481. The van der Waals surface area contributed by atoms with Gasteiger partial charge in [0.1, 0.15) is 0 Å². The molecule has 1 aromatic carbocycles. The summed E-state index contributed by atoms with van der Waals surface area (Å²) in [7, 11) is 0. The Morgan fingerprint density at radius 3 is 2.95 bits per heavy atom. The molecule has 112 valence electrons. The van der Waals surface area contributed by atoms with Crippen LogP contribution >= 0.6 is 0 Å². The number of hydrogen-bond acceptors (Lipinski definition) is 3. The Morgan fingerprint density at radius 2 is 2.19 bits per heavy atom. The Hall–Kier alpha value is -1.81. The van der Waals surface area contributed by atoms with Crippen molar-refractivity contribution in [3.05, 3.63) is 46.8 Å². The van der Waals surface area contributed by atoms with E-state index in [1.165, 1.54) is 23.2 Å². The number of hydrogen-bond donors (Lipinski definition) is 2.